The molecule has 7 heteroatoms. The number of sulfonamides is 1. The van der Waals surface area contributed by atoms with Crippen molar-refractivity contribution in [3.05, 3.63) is 30.3 Å². The molecule has 146 valence electrons. The van der Waals surface area contributed by atoms with E-state index in [1.165, 1.54) is 30.0 Å². The van der Waals surface area contributed by atoms with E-state index in [-0.39, 0.29) is 5.91 Å². The highest BCUT2D eigenvalue weighted by Gasteiger charge is 2.31. The van der Waals surface area contributed by atoms with E-state index in [0.717, 1.165) is 25.9 Å². The summed E-state index contributed by atoms with van der Waals surface area (Å²) in [6.45, 7) is 5.34. The molecule has 0 aliphatic carbocycles. The molecule has 1 aromatic rings. The Kier molecular flexibility index (Phi) is 7.90. The van der Waals surface area contributed by atoms with Gasteiger partial charge >= 0.3 is 0 Å². The third-order valence-electron chi connectivity index (χ3n) is 4.77. The first kappa shape index (κ1) is 20.7. The van der Waals surface area contributed by atoms with Gasteiger partial charge in [0.1, 0.15) is 6.04 Å². The number of nitrogens with zero attached hydrogens (tertiary/aromatic N) is 2. The summed E-state index contributed by atoms with van der Waals surface area (Å²) in [4.78, 5) is 15.1. The Morgan fingerprint density at radius 1 is 1.15 bits per heavy atom. The normalized spacial score (nSPS) is 17.3. The Hall–Kier alpha value is -1.60. The van der Waals surface area contributed by atoms with Gasteiger partial charge in [0.25, 0.3) is 0 Å². The monoisotopic (exact) mass is 381 g/mol. The first-order valence-corrected chi connectivity index (χ1v) is 11.3. The Bertz CT molecular complexity index is 656. The smallest absolute Gasteiger partial charge is 0.243 e. The summed E-state index contributed by atoms with van der Waals surface area (Å²) in [5.74, 6) is -0.239. The van der Waals surface area contributed by atoms with Gasteiger partial charge in [-0.1, -0.05) is 38.0 Å². The molecule has 1 aliphatic rings. The number of carbonyl (C=O) groups excluding carboxylic acids is 1. The highest BCUT2D eigenvalue weighted by atomic mass is 32.2. The van der Waals surface area contributed by atoms with Crippen molar-refractivity contribution < 1.29 is 13.2 Å². The van der Waals surface area contributed by atoms with Gasteiger partial charge < -0.3 is 10.2 Å². The molecular weight excluding hydrogens is 350 g/mol. The summed E-state index contributed by atoms with van der Waals surface area (Å²) in [5, 5.41) is 2.94. The molecule has 0 saturated carbocycles. The highest BCUT2D eigenvalue weighted by molar-refractivity contribution is 7.92. The minimum atomic E-state index is -3.56. The third kappa shape index (κ3) is 5.99. The number of amides is 1. The first-order chi connectivity index (χ1) is 12.4. The first-order valence-electron chi connectivity index (χ1n) is 9.48. The van der Waals surface area contributed by atoms with Crippen LogP contribution in [0.25, 0.3) is 0 Å². The van der Waals surface area contributed by atoms with Gasteiger partial charge in [-0.3, -0.25) is 9.10 Å². The van der Waals surface area contributed by atoms with Gasteiger partial charge in [0.05, 0.1) is 11.9 Å². The Morgan fingerprint density at radius 3 is 2.31 bits per heavy atom. The van der Waals surface area contributed by atoms with Crippen LogP contribution in [0.1, 0.15) is 39.0 Å². The average molecular weight is 382 g/mol. The van der Waals surface area contributed by atoms with Crippen molar-refractivity contribution in [3.8, 4) is 0 Å². The van der Waals surface area contributed by atoms with E-state index in [4.69, 9.17) is 0 Å². The van der Waals surface area contributed by atoms with E-state index in [0.29, 0.717) is 18.7 Å². The van der Waals surface area contributed by atoms with Crippen molar-refractivity contribution in [2.75, 3.05) is 36.7 Å². The molecule has 0 bridgehead atoms. The van der Waals surface area contributed by atoms with Gasteiger partial charge in [0.15, 0.2) is 0 Å². The molecule has 0 aromatic heterocycles. The van der Waals surface area contributed by atoms with Crippen LogP contribution in [0.2, 0.25) is 0 Å². The molecule has 1 heterocycles. The lowest BCUT2D eigenvalue weighted by atomic mass is 10.2. The number of hydrogen-bond donors (Lipinski definition) is 1. The fourth-order valence-electron chi connectivity index (χ4n) is 3.45. The SMILES string of the molecule is CC[C@@H](C(=O)NCCN1CCCCCC1)N(c1ccccc1)S(C)(=O)=O. The molecule has 1 atom stereocenters. The number of likely N-dealkylation sites (tertiary alicyclic amines) is 1. The van der Waals surface area contributed by atoms with Gasteiger partial charge in [0.2, 0.25) is 15.9 Å². The van der Waals surface area contributed by atoms with Gasteiger partial charge in [-0.15, -0.1) is 0 Å². The van der Waals surface area contributed by atoms with Crippen molar-refractivity contribution in [1.82, 2.24) is 10.2 Å². The summed E-state index contributed by atoms with van der Waals surface area (Å²) in [5.41, 5.74) is 0.518. The molecule has 6 nitrogen and oxygen atoms in total. The fraction of sp³-hybridized carbons (Fsp3) is 0.632. The van der Waals surface area contributed by atoms with Crippen molar-refractivity contribution in [2.45, 2.75) is 45.1 Å². The van der Waals surface area contributed by atoms with Crippen LogP contribution in [-0.2, 0) is 14.8 Å². The second-order valence-electron chi connectivity index (χ2n) is 6.87. The molecular formula is C19H31N3O3S. The summed E-state index contributed by atoms with van der Waals surface area (Å²) in [6, 6.07) is 8.07. The van der Waals surface area contributed by atoms with Crippen molar-refractivity contribution in [1.29, 1.82) is 0 Å². The van der Waals surface area contributed by atoms with Crippen LogP contribution >= 0.6 is 0 Å². The summed E-state index contributed by atoms with van der Waals surface area (Å²) < 4.78 is 25.9. The molecule has 0 unspecified atom stereocenters. The predicted molar refractivity (Wildman–Crippen MR) is 106 cm³/mol. The van der Waals surface area contributed by atoms with Crippen molar-refractivity contribution in [3.63, 3.8) is 0 Å². The standard InChI is InChI=1S/C19H31N3O3S/c1-3-18(22(26(2,24)25)17-11-7-6-8-12-17)19(23)20-13-16-21-14-9-4-5-10-15-21/h6-8,11-12,18H,3-5,9-10,13-16H2,1-2H3,(H,20,23)/t18-/m0/s1. The minimum Gasteiger partial charge on any atom is -0.353 e. The molecule has 1 aromatic carbocycles. The molecule has 2 rings (SSSR count). The maximum Gasteiger partial charge on any atom is 0.243 e. The lowest BCUT2D eigenvalue weighted by Crippen LogP contribution is -2.50. The molecule has 1 fully saturated rings. The predicted octanol–water partition coefficient (Wildman–Crippen LogP) is 2.22. The maximum atomic E-state index is 12.7. The number of nitrogens with one attached hydrogen (secondary N) is 1. The van der Waals surface area contributed by atoms with Crippen LogP contribution in [0.15, 0.2) is 30.3 Å². The largest absolute Gasteiger partial charge is 0.353 e. The van der Waals surface area contributed by atoms with Crippen LogP contribution < -0.4 is 9.62 Å². The summed E-state index contributed by atoms with van der Waals surface area (Å²) in [6.07, 6.45) is 6.54. The van der Waals surface area contributed by atoms with E-state index in [1.807, 2.05) is 13.0 Å². The molecule has 1 saturated heterocycles. The van der Waals surface area contributed by atoms with Crippen LogP contribution in [0.5, 0.6) is 0 Å². The maximum absolute atomic E-state index is 12.7. The van der Waals surface area contributed by atoms with Crippen molar-refractivity contribution in [2.24, 2.45) is 0 Å². The van der Waals surface area contributed by atoms with Gasteiger partial charge in [-0.2, -0.15) is 0 Å². The number of hydrogen-bond acceptors (Lipinski definition) is 4. The van der Waals surface area contributed by atoms with Crippen LogP contribution in [-0.4, -0.2) is 57.7 Å². The van der Waals surface area contributed by atoms with E-state index in [2.05, 4.69) is 10.2 Å². The Morgan fingerprint density at radius 2 is 1.77 bits per heavy atom. The quantitative estimate of drug-likeness (QED) is 0.750. The van der Waals surface area contributed by atoms with Crippen LogP contribution in [0.3, 0.4) is 0 Å². The number of rotatable bonds is 8. The Balaban J connectivity index is 2.01. The molecule has 1 amide bonds. The Labute approximate surface area is 157 Å². The second-order valence-corrected chi connectivity index (χ2v) is 8.72. The molecule has 1 N–H and O–H groups in total. The number of carbonyl (C=O) groups is 1. The molecule has 0 spiro atoms. The van der Waals surface area contributed by atoms with E-state index in [9.17, 15) is 13.2 Å². The average Bonchev–Trinajstić information content (AvgIpc) is 2.88. The fourth-order valence-corrected chi connectivity index (χ4v) is 4.66. The van der Waals surface area contributed by atoms with Gasteiger partial charge in [-0.05, 0) is 44.5 Å². The van der Waals surface area contributed by atoms with Crippen LogP contribution in [0.4, 0.5) is 5.69 Å². The van der Waals surface area contributed by atoms with E-state index in [1.54, 1.807) is 24.3 Å². The second kappa shape index (κ2) is 9.92. The lowest BCUT2D eigenvalue weighted by molar-refractivity contribution is -0.122. The zero-order valence-corrected chi connectivity index (χ0v) is 16.7. The lowest BCUT2D eigenvalue weighted by Gasteiger charge is -2.30. The minimum absolute atomic E-state index is 0.239. The van der Waals surface area contributed by atoms with Gasteiger partial charge in [0, 0.05) is 13.1 Å². The highest BCUT2D eigenvalue weighted by Crippen LogP contribution is 2.22. The summed E-state index contributed by atoms with van der Waals surface area (Å²) in [7, 11) is -3.56. The number of para-hydroxylation sites is 1. The zero-order chi connectivity index (χ0) is 19.0. The zero-order valence-electron chi connectivity index (χ0n) is 15.9. The summed E-state index contributed by atoms with van der Waals surface area (Å²) >= 11 is 0. The number of anilines is 1. The van der Waals surface area contributed by atoms with Crippen molar-refractivity contribution >= 4 is 21.6 Å². The topological polar surface area (TPSA) is 69.7 Å². The van der Waals surface area contributed by atoms with E-state index >= 15 is 0 Å². The molecule has 1 aliphatic heterocycles. The third-order valence-corrected chi connectivity index (χ3v) is 5.95. The molecule has 0 radical (unpaired) electrons. The number of benzene rings is 1. The van der Waals surface area contributed by atoms with Gasteiger partial charge in [-0.25, -0.2) is 8.42 Å². The molecule has 26 heavy (non-hydrogen) atoms. The van der Waals surface area contributed by atoms with Crippen LogP contribution in [0, 0.1) is 0 Å². The van der Waals surface area contributed by atoms with E-state index < -0.39 is 16.1 Å².